The van der Waals surface area contributed by atoms with Crippen LogP contribution in [0.2, 0.25) is 0 Å². The summed E-state index contributed by atoms with van der Waals surface area (Å²) in [5, 5.41) is 13.1. The molecule has 2 aliphatic rings. The molecule has 0 bridgehead atoms. The molecule has 0 spiro atoms. The number of hydroxylamine groups is 1. The normalized spacial score (nSPS) is 22.6. The molecule has 5 rings (SSSR count). The number of amides is 2. The molecule has 8 heteroatoms. The number of nitrogens with zero attached hydrogens (tertiary/aromatic N) is 3. The fourth-order valence-electron chi connectivity index (χ4n) is 4.25. The summed E-state index contributed by atoms with van der Waals surface area (Å²) in [6.07, 6.45) is -1.07. The molecule has 0 N–H and O–H groups in total. The van der Waals surface area contributed by atoms with Crippen LogP contribution >= 0.6 is 0 Å². The third-order valence-electron chi connectivity index (χ3n) is 5.59. The van der Waals surface area contributed by atoms with Gasteiger partial charge in [0.1, 0.15) is 11.6 Å². The Hall–Kier alpha value is -4.04. The Kier molecular flexibility index (Phi) is 4.48. The zero-order valence-electron chi connectivity index (χ0n) is 16.2. The van der Waals surface area contributed by atoms with Gasteiger partial charge in [-0.2, -0.15) is 0 Å². The van der Waals surface area contributed by atoms with Crippen molar-refractivity contribution in [2.24, 2.45) is 5.92 Å². The highest BCUT2D eigenvalue weighted by molar-refractivity contribution is 6.24. The molecule has 0 unspecified atom stereocenters. The van der Waals surface area contributed by atoms with Crippen molar-refractivity contribution in [1.82, 2.24) is 0 Å². The third kappa shape index (κ3) is 2.96. The maximum atomic E-state index is 13.5. The van der Waals surface area contributed by atoms with Crippen LogP contribution in [-0.2, 0) is 14.4 Å². The minimum atomic E-state index is -1.07. The van der Waals surface area contributed by atoms with Gasteiger partial charge in [0.2, 0.25) is 5.91 Å². The fraction of sp³-hybridized carbons (Fsp3) is 0.130. The number of nitro benzene ring substituents is 1. The van der Waals surface area contributed by atoms with Gasteiger partial charge in [0.15, 0.2) is 6.10 Å². The van der Waals surface area contributed by atoms with Gasteiger partial charge in [-0.15, -0.1) is 0 Å². The van der Waals surface area contributed by atoms with E-state index in [-0.39, 0.29) is 11.4 Å². The maximum Gasteiger partial charge on any atom is 0.293 e. The molecule has 8 nitrogen and oxygen atoms in total. The van der Waals surface area contributed by atoms with E-state index in [2.05, 4.69) is 0 Å². The fourth-order valence-corrected chi connectivity index (χ4v) is 4.25. The molecule has 3 aromatic carbocycles. The van der Waals surface area contributed by atoms with Crippen molar-refractivity contribution < 1.29 is 19.3 Å². The average molecular weight is 415 g/mol. The maximum absolute atomic E-state index is 13.5. The Morgan fingerprint density at radius 2 is 1.42 bits per heavy atom. The SMILES string of the molecule is O=C1[C@H]2[C@@H](c3ccccc3)N(c3ccccc3)O[C@H]2C(=O)N1c1ccccc1[N+](=O)[O-]. The number of carbonyl (C=O) groups excluding carboxylic acids is 2. The molecule has 31 heavy (non-hydrogen) atoms. The topological polar surface area (TPSA) is 93.0 Å². The second-order valence-corrected chi connectivity index (χ2v) is 7.33. The molecule has 2 saturated heterocycles. The largest absolute Gasteiger partial charge is 0.293 e. The van der Waals surface area contributed by atoms with Gasteiger partial charge in [-0.3, -0.25) is 24.5 Å². The van der Waals surface area contributed by atoms with E-state index in [9.17, 15) is 19.7 Å². The molecular weight excluding hydrogens is 398 g/mol. The zero-order chi connectivity index (χ0) is 21.5. The second kappa shape index (κ2) is 7.33. The first-order valence-corrected chi connectivity index (χ1v) is 9.75. The first kappa shape index (κ1) is 19.0. The van der Waals surface area contributed by atoms with Crippen LogP contribution in [0.25, 0.3) is 0 Å². The summed E-state index contributed by atoms with van der Waals surface area (Å²) in [4.78, 5) is 44.6. The summed E-state index contributed by atoms with van der Waals surface area (Å²) in [6, 6.07) is 23.7. The van der Waals surface area contributed by atoms with Crippen molar-refractivity contribution in [3.05, 3.63) is 101 Å². The number of hydrogen-bond donors (Lipinski definition) is 0. The summed E-state index contributed by atoms with van der Waals surface area (Å²) < 4.78 is 0. The van der Waals surface area contributed by atoms with Crippen LogP contribution in [0.3, 0.4) is 0 Å². The Balaban J connectivity index is 1.60. The number of carbonyl (C=O) groups is 2. The van der Waals surface area contributed by atoms with Crippen LogP contribution in [0.5, 0.6) is 0 Å². The standard InChI is InChI=1S/C23H17N3O5/c27-22-19-20(15-9-3-1-4-10-15)25(16-11-5-2-6-12-16)31-21(19)23(28)24(22)17-13-7-8-14-18(17)26(29)30/h1-14,19-21H/t19-,20+,21+/m0/s1. The summed E-state index contributed by atoms with van der Waals surface area (Å²) in [6.45, 7) is 0. The predicted octanol–water partition coefficient (Wildman–Crippen LogP) is 3.65. The molecule has 2 heterocycles. The lowest BCUT2D eigenvalue weighted by Crippen LogP contribution is -2.37. The molecule has 3 atom stereocenters. The average Bonchev–Trinajstić information content (AvgIpc) is 3.31. The first-order chi connectivity index (χ1) is 15.1. The van der Waals surface area contributed by atoms with E-state index in [4.69, 9.17) is 4.84 Å². The minimum absolute atomic E-state index is 0.0430. The first-order valence-electron chi connectivity index (χ1n) is 9.75. The lowest BCUT2D eigenvalue weighted by atomic mass is 9.90. The van der Waals surface area contributed by atoms with Gasteiger partial charge in [-0.1, -0.05) is 60.7 Å². The Morgan fingerprint density at radius 3 is 2.10 bits per heavy atom. The van der Waals surface area contributed by atoms with E-state index in [1.54, 1.807) is 11.1 Å². The molecule has 3 aromatic rings. The van der Waals surface area contributed by atoms with E-state index >= 15 is 0 Å². The monoisotopic (exact) mass is 415 g/mol. The van der Waals surface area contributed by atoms with Gasteiger partial charge in [-0.05, 0) is 23.8 Å². The van der Waals surface area contributed by atoms with Crippen molar-refractivity contribution in [2.45, 2.75) is 12.1 Å². The zero-order valence-corrected chi connectivity index (χ0v) is 16.2. The van der Waals surface area contributed by atoms with E-state index in [0.717, 1.165) is 10.5 Å². The predicted molar refractivity (Wildman–Crippen MR) is 112 cm³/mol. The van der Waals surface area contributed by atoms with Crippen LogP contribution in [0.1, 0.15) is 11.6 Å². The number of para-hydroxylation sites is 3. The molecule has 154 valence electrons. The van der Waals surface area contributed by atoms with Gasteiger partial charge in [-0.25, -0.2) is 9.96 Å². The van der Waals surface area contributed by atoms with Gasteiger partial charge in [0.25, 0.3) is 11.6 Å². The third-order valence-corrected chi connectivity index (χ3v) is 5.59. The van der Waals surface area contributed by atoms with Crippen molar-refractivity contribution in [1.29, 1.82) is 0 Å². The van der Waals surface area contributed by atoms with Crippen LogP contribution in [-0.4, -0.2) is 22.8 Å². The van der Waals surface area contributed by atoms with Gasteiger partial charge in [0.05, 0.1) is 16.7 Å². The molecule has 0 aromatic heterocycles. The van der Waals surface area contributed by atoms with E-state index in [1.165, 1.54) is 18.2 Å². The number of imide groups is 1. The van der Waals surface area contributed by atoms with Gasteiger partial charge >= 0.3 is 0 Å². The van der Waals surface area contributed by atoms with Crippen molar-refractivity contribution in [3.8, 4) is 0 Å². The van der Waals surface area contributed by atoms with Crippen molar-refractivity contribution >= 4 is 28.9 Å². The lowest BCUT2D eigenvalue weighted by Gasteiger charge is -2.28. The van der Waals surface area contributed by atoms with Crippen molar-refractivity contribution in [2.75, 3.05) is 9.96 Å². The Morgan fingerprint density at radius 1 is 0.806 bits per heavy atom. The molecule has 2 amide bonds. The molecule has 2 fully saturated rings. The number of anilines is 2. The van der Waals surface area contributed by atoms with Gasteiger partial charge in [0, 0.05) is 6.07 Å². The van der Waals surface area contributed by atoms with Crippen LogP contribution in [0.15, 0.2) is 84.9 Å². The number of rotatable bonds is 4. The van der Waals surface area contributed by atoms with Crippen LogP contribution in [0.4, 0.5) is 17.1 Å². The smallest absolute Gasteiger partial charge is 0.273 e. The molecule has 0 saturated carbocycles. The molecular formula is C23H17N3O5. The summed E-state index contributed by atoms with van der Waals surface area (Å²) in [5.41, 5.74) is 1.17. The van der Waals surface area contributed by atoms with E-state index in [1.807, 2.05) is 60.7 Å². The molecule has 0 aliphatic carbocycles. The number of hydrogen-bond acceptors (Lipinski definition) is 6. The Labute approximate surface area is 177 Å². The highest BCUT2D eigenvalue weighted by atomic mass is 16.7. The van der Waals surface area contributed by atoms with E-state index < -0.39 is 34.8 Å². The number of nitro groups is 1. The summed E-state index contributed by atoms with van der Waals surface area (Å²) >= 11 is 0. The minimum Gasteiger partial charge on any atom is -0.273 e. The summed E-state index contributed by atoms with van der Waals surface area (Å²) in [7, 11) is 0. The van der Waals surface area contributed by atoms with E-state index in [0.29, 0.717) is 5.69 Å². The van der Waals surface area contributed by atoms with Gasteiger partial charge < -0.3 is 0 Å². The Bertz CT molecular complexity index is 1170. The van der Waals surface area contributed by atoms with Crippen molar-refractivity contribution in [3.63, 3.8) is 0 Å². The highest BCUT2D eigenvalue weighted by Gasteiger charge is 2.61. The molecule has 2 aliphatic heterocycles. The summed E-state index contributed by atoms with van der Waals surface area (Å²) in [5.74, 6) is -1.96. The molecule has 0 radical (unpaired) electrons. The highest BCUT2D eigenvalue weighted by Crippen LogP contribution is 2.48. The number of benzene rings is 3. The van der Waals surface area contributed by atoms with Crippen LogP contribution in [0, 0.1) is 16.0 Å². The number of fused-ring (bicyclic) bond motifs is 1. The quantitative estimate of drug-likeness (QED) is 0.367. The lowest BCUT2D eigenvalue weighted by molar-refractivity contribution is -0.384. The van der Waals surface area contributed by atoms with Crippen LogP contribution < -0.4 is 9.96 Å². The second-order valence-electron chi connectivity index (χ2n) is 7.33.